The average molecular weight is 223 g/mol. The minimum atomic E-state index is 0.270. The quantitative estimate of drug-likeness (QED) is 0.827. The van der Waals surface area contributed by atoms with Crippen LogP contribution in [-0.4, -0.2) is 31.3 Å². The molecule has 0 bridgehead atoms. The summed E-state index contributed by atoms with van der Waals surface area (Å²) in [5, 5.41) is 0. The van der Waals surface area contributed by atoms with Crippen molar-refractivity contribution in [3.05, 3.63) is 17.8 Å². The molecule has 2 N–H and O–H groups in total. The molecule has 0 saturated heterocycles. The third-order valence-electron chi connectivity index (χ3n) is 2.74. The Kier molecular flexibility index (Phi) is 4.55. The molecule has 0 aliphatic heterocycles. The van der Waals surface area contributed by atoms with E-state index in [0.29, 0.717) is 6.61 Å². The van der Waals surface area contributed by atoms with Gasteiger partial charge in [-0.3, -0.25) is 0 Å². The highest BCUT2D eigenvalue weighted by molar-refractivity contribution is 5.66. The standard InChI is InChI=1S/C12H21N3O/c1-5-15(10(3)8-16-4)12-11(13)9(2)6-7-14-12/h6-7,10H,5,8,13H2,1-4H3. The van der Waals surface area contributed by atoms with Gasteiger partial charge in [0, 0.05) is 19.9 Å². The number of likely N-dealkylation sites (N-methyl/N-ethyl adjacent to an activating group) is 1. The molecule has 1 heterocycles. The van der Waals surface area contributed by atoms with Crippen LogP contribution in [0.5, 0.6) is 0 Å². The van der Waals surface area contributed by atoms with Crippen LogP contribution in [0.25, 0.3) is 0 Å². The fourth-order valence-electron chi connectivity index (χ4n) is 1.79. The Balaban J connectivity index is 2.99. The van der Waals surface area contributed by atoms with Crippen molar-refractivity contribution in [3.63, 3.8) is 0 Å². The Morgan fingerprint density at radius 2 is 2.25 bits per heavy atom. The van der Waals surface area contributed by atoms with Gasteiger partial charge in [-0.1, -0.05) is 0 Å². The maximum atomic E-state index is 6.05. The van der Waals surface area contributed by atoms with Gasteiger partial charge in [0.05, 0.1) is 18.3 Å². The van der Waals surface area contributed by atoms with Crippen LogP contribution in [0.1, 0.15) is 19.4 Å². The maximum absolute atomic E-state index is 6.05. The van der Waals surface area contributed by atoms with E-state index in [9.17, 15) is 0 Å². The molecule has 0 aliphatic rings. The third-order valence-corrected chi connectivity index (χ3v) is 2.74. The number of aromatic nitrogens is 1. The van der Waals surface area contributed by atoms with E-state index < -0.39 is 0 Å². The number of aryl methyl sites for hydroxylation is 1. The van der Waals surface area contributed by atoms with Gasteiger partial charge in [-0.25, -0.2) is 4.98 Å². The van der Waals surface area contributed by atoms with Crippen molar-refractivity contribution in [2.45, 2.75) is 26.8 Å². The van der Waals surface area contributed by atoms with Crippen LogP contribution in [-0.2, 0) is 4.74 Å². The van der Waals surface area contributed by atoms with Gasteiger partial charge in [0.25, 0.3) is 0 Å². The Hall–Kier alpha value is -1.29. The van der Waals surface area contributed by atoms with E-state index in [2.05, 4.69) is 23.7 Å². The van der Waals surface area contributed by atoms with Crippen LogP contribution in [0.3, 0.4) is 0 Å². The van der Waals surface area contributed by atoms with Gasteiger partial charge in [-0.15, -0.1) is 0 Å². The van der Waals surface area contributed by atoms with Gasteiger partial charge in [0.1, 0.15) is 0 Å². The topological polar surface area (TPSA) is 51.4 Å². The number of hydrogen-bond donors (Lipinski definition) is 1. The fraction of sp³-hybridized carbons (Fsp3) is 0.583. The summed E-state index contributed by atoms with van der Waals surface area (Å²) in [6, 6.07) is 2.19. The minimum absolute atomic E-state index is 0.270. The van der Waals surface area contributed by atoms with Gasteiger partial charge in [-0.2, -0.15) is 0 Å². The van der Waals surface area contributed by atoms with Crippen LogP contribution in [0.4, 0.5) is 11.5 Å². The number of hydrogen-bond acceptors (Lipinski definition) is 4. The van der Waals surface area contributed by atoms with Gasteiger partial charge >= 0.3 is 0 Å². The first-order valence-corrected chi connectivity index (χ1v) is 5.58. The molecule has 0 amide bonds. The molecule has 1 aromatic heterocycles. The monoisotopic (exact) mass is 223 g/mol. The molecular weight excluding hydrogens is 202 g/mol. The number of rotatable bonds is 5. The molecule has 0 saturated carbocycles. The highest BCUT2D eigenvalue weighted by atomic mass is 16.5. The van der Waals surface area contributed by atoms with Crippen LogP contribution in [0.15, 0.2) is 12.3 Å². The second-order valence-corrected chi connectivity index (χ2v) is 3.96. The summed E-state index contributed by atoms with van der Waals surface area (Å²) in [5.74, 6) is 0.854. The molecule has 1 unspecified atom stereocenters. The van der Waals surface area contributed by atoms with Crippen molar-refractivity contribution in [2.24, 2.45) is 0 Å². The summed E-state index contributed by atoms with van der Waals surface area (Å²) in [6.07, 6.45) is 1.79. The molecule has 1 atom stereocenters. The predicted molar refractivity (Wildman–Crippen MR) is 67.7 cm³/mol. The van der Waals surface area contributed by atoms with Crippen molar-refractivity contribution in [3.8, 4) is 0 Å². The minimum Gasteiger partial charge on any atom is -0.396 e. The van der Waals surface area contributed by atoms with Gasteiger partial charge < -0.3 is 15.4 Å². The zero-order valence-corrected chi connectivity index (χ0v) is 10.5. The van der Waals surface area contributed by atoms with Crippen molar-refractivity contribution in [2.75, 3.05) is 30.9 Å². The van der Waals surface area contributed by atoms with E-state index in [-0.39, 0.29) is 6.04 Å². The number of nitrogens with two attached hydrogens (primary N) is 1. The van der Waals surface area contributed by atoms with E-state index >= 15 is 0 Å². The number of methoxy groups -OCH3 is 1. The lowest BCUT2D eigenvalue weighted by atomic mass is 10.2. The van der Waals surface area contributed by atoms with Crippen LogP contribution in [0.2, 0.25) is 0 Å². The Morgan fingerprint density at radius 3 is 2.81 bits per heavy atom. The highest BCUT2D eigenvalue weighted by Gasteiger charge is 2.16. The molecule has 4 nitrogen and oxygen atoms in total. The lowest BCUT2D eigenvalue weighted by Crippen LogP contribution is -2.37. The summed E-state index contributed by atoms with van der Waals surface area (Å²) < 4.78 is 5.17. The molecular formula is C12H21N3O. The lowest BCUT2D eigenvalue weighted by Gasteiger charge is -2.29. The SMILES string of the molecule is CCN(c1nccc(C)c1N)C(C)COC. The molecule has 0 aromatic carbocycles. The second-order valence-electron chi connectivity index (χ2n) is 3.96. The Morgan fingerprint density at radius 1 is 1.56 bits per heavy atom. The molecule has 0 aliphatic carbocycles. The van der Waals surface area contributed by atoms with E-state index in [1.807, 2.05) is 13.0 Å². The molecule has 16 heavy (non-hydrogen) atoms. The summed E-state index contributed by atoms with van der Waals surface area (Å²) in [6.45, 7) is 7.73. The molecule has 90 valence electrons. The highest BCUT2D eigenvalue weighted by Crippen LogP contribution is 2.24. The number of pyridine rings is 1. The number of ether oxygens (including phenoxy) is 1. The van der Waals surface area contributed by atoms with Gasteiger partial charge in [-0.05, 0) is 32.4 Å². The smallest absolute Gasteiger partial charge is 0.152 e. The van der Waals surface area contributed by atoms with Crippen molar-refractivity contribution >= 4 is 11.5 Å². The first-order chi connectivity index (χ1) is 7.61. The van der Waals surface area contributed by atoms with Crippen molar-refractivity contribution < 1.29 is 4.74 Å². The largest absolute Gasteiger partial charge is 0.396 e. The lowest BCUT2D eigenvalue weighted by molar-refractivity contribution is 0.181. The number of anilines is 2. The predicted octanol–water partition coefficient (Wildman–Crippen LogP) is 1.83. The zero-order valence-electron chi connectivity index (χ0n) is 10.5. The maximum Gasteiger partial charge on any atom is 0.152 e. The number of nitrogen functional groups attached to an aromatic ring is 1. The number of nitrogens with zero attached hydrogens (tertiary/aromatic N) is 2. The summed E-state index contributed by atoms with van der Waals surface area (Å²) in [7, 11) is 1.71. The molecule has 0 spiro atoms. The van der Waals surface area contributed by atoms with Crippen LogP contribution < -0.4 is 10.6 Å². The van der Waals surface area contributed by atoms with E-state index in [1.165, 1.54) is 0 Å². The normalized spacial score (nSPS) is 12.5. The molecule has 1 rings (SSSR count). The van der Waals surface area contributed by atoms with E-state index in [1.54, 1.807) is 13.3 Å². The molecule has 0 fully saturated rings. The van der Waals surface area contributed by atoms with E-state index in [4.69, 9.17) is 10.5 Å². The van der Waals surface area contributed by atoms with Crippen molar-refractivity contribution in [1.82, 2.24) is 4.98 Å². The first-order valence-electron chi connectivity index (χ1n) is 5.58. The summed E-state index contributed by atoms with van der Waals surface area (Å²) >= 11 is 0. The van der Waals surface area contributed by atoms with E-state index in [0.717, 1.165) is 23.6 Å². The van der Waals surface area contributed by atoms with Crippen LogP contribution >= 0.6 is 0 Å². The molecule has 4 heteroatoms. The Labute approximate surface area is 97.4 Å². The van der Waals surface area contributed by atoms with Crippen LogP contribution in [0, 0.1) is 6.92 Å². The molecule has 1 aromatic rings. The average Bonchev–Trinajstić information content (AvgIpc) is 2.25. The summed E-state index contributed by atoms with van der Waals surface area (Å²) in [4.78, 5) is 6.52. The van der Waals surface area contributed by atoms with Gasteiger partial charge in [0.2, 0.25) is 0 Å². The first kappa shape index (κ1) is 12.8. The zero-order chi connectivity index (χ0) is 12.1. The van der Waals surface area contributed by atoms with Gasteiger partial charge in [0.15, 0.2) is 5.82 Å². The third kappa shape index (κ3) is 2.64. The summed E-state index contributed by atoms with van der Waals surface area (Å²) in [5.41, 5.74) is 7.87. The van der Waals surface area contributed by atoms with Crippen molar-refractivity contribution in [1.29, 1.82) is 0 Å². The fourth-order valence-corrected chi connectivity index (χ4v) is 1.79. The Bertz CT molecular complexity index is 341. The second kappa shape index (κ2) is 5.70. The molecule has 0 radical (unpaired) electrons.